The highest BCUT2D eigenvalue weighted by atomic mass is 16.2. The average Bonchev–Trinajstić information content (AvgIpc) is 3.19. The van der Waals surface area contributed by atoms with Crippen molar-refractivity contribution in [3.05, 3.63) is 99.1 Å². The van der Waals surface area contributed by atoms with Crippen molar-refractivity contribution in [2.45, 2.75) is 13.1 Å². The number of fused-ring (bicyclic) bond motifs is 1. The number of pyridine rings is 1. The first kappa shape index (κ1) is 19.5. The first-order valence-electron chi connectivity index (χ1n) is 10.4. The van der Waals surface area contributed by atoms with Crippen LogP contribution in [0.25, 0.3) is 11.2 Å². The van der Waals surface area contributed by atoms with Gasteiger partial charge in [-0.1, -0.05) is 30.3 Å². The molecule has 0 amide bonds. The van der Waals surface area contributed by atoms with Gasteiger partial charge in [-0.25, -0.2) is 9.31 Å². The monoisotopic (exact) mass is 416 g/mol. The topological polar surface area (TPSA) is 78.6 Å². The summed E-state index contributed by atoms with van der Waals surface area (Å²) in [6.45, 7) is 5.96. The minimum absolute atomic E-state index is 0.412. The fraction of sp³-hybridized carbons (Fsp3) is 0.261. The summed E-state index contributed by atoms with van der Waals surface area (Å²) in [7, 11) is 0. The fourth-order valence-electron chi connectivity index (χ4n) is 4.11. The number of piperazine rings is 1. The van der Waals surface area contributed by atoms with E-state index in [0.29, 0.717) is 5.69 Å². The molecule has 0 saturated carbocycles. The lowest BCUT2D eigenvalue weighted by Crippen LogP contribution is -2.45. The van der Waals surface area contributed by atoms with Crippen molar-refractivity contribution < 1.29 is 0 Å². The van der Waals surface area contributed by atoms with Crippen LogP contribution in [0.3, 0.4) is 0 Å². The van der Waals surface area contributed by atoms with Gasteiger partial charge in [-0.05, 0) is 23.3 Å². The van der Waals surface area contributed by atoms with Gasteiger partial charge in [0.2, 0.25) is 0 Å². The molecule has 1 saturated heterocycles. The minimum Gasteiger partial charge on any atom is -0.297 e. The number of aromatic nitrogens is 4. The molecule has 0 radical (unpaired) electrons. The molecule has 8 nitrogen and oxygen atoms in total. The first-order chi connectivity index (χ1) is 15.2. The van der Waals surface area contributed by atoms with E-state index in [2.05, 4.69) is 62.3 Å². The Kier molecular flexibility index (Phi) is 5.23. The SMILES string of the molecule is O=c1ccn(-c2cnn3ccc(CN4CCN(Cc5ccccc5)CC4)cc23)c(=O)[nH]1. The van der Waals surface area contributed by atoms with Crippen LogP contribution in [-0.2, 0) is 13.1 Å². The van der Waals surface area contributed by atoms with Crippen LogP contribution in [0, 0.1) is 0 Å². The largest absolute Gasteiger partial charge is 0.333 e. The molecule has 1 N–H and O–H groups in total. The number of aromatic amines is 1. The molecule has 4 aromatic rings. The summed E-state index contributed by atoms with van der Waals surface area (Å²) in [6, 6.07) is 16.1. The maximum Gasteiger partial charge on any atom is 0.333 e. The zero-order valence-electron chi connectivity index (χ0n) is 17.1. The van der Waals surface area contributed by atoms with Crippen LogP contribution in [0.4, 0.5) is 0 Å². The number of nitrogens with one attached hydrogen (secondary N) is 1. The van der Waals surface area contributed by atoms with Crippen LogP contribution < -0.4 is 11.2 Å². The molecule has 0 atom stereocenters. The van der Waals surface area contributed by atoms with E-state index in [-0.39, 0.29) is 0 Å². The summed E-state index contributed by atoms with van der Waals surface area (Å²) in [4.78, 5) is 30.8. The molecular formula is C23H24N6O2. The van der Waals surface area contributed by atoms with Crippen LogP contribution in [-0.4, -0.2) is 55.1 Å². The molecule has 31 heavy (non-hydrogen) atoms. The van der Waals surface area contributed by atoms with E-state index in [1.165, 1.54) is 28.0 Å². The number of rotatable bonds is 5. The predicted molar refractivity (Wildman–Crippen MR) is 118 cm³/mol. The van der Waals surface area contributed by atoms with Gasteiger partial charge in [-0.2, -0.15) is 5.10 Å². The van der Waals surface area contributed by atoms with Gasteiger partial charge in [0.05, 0.1) is 17.4 Å². The van der Waals surface area contributed by atoms with Crippen molar-refractivity contribution in [3.8, 4) is 5.69 Å². The molecular weight excluding hydrogens is 392 g/mol. The van der Waals surface area contributed by atoms with Gasteiger partial charge in [0.1, 0.15) is 0 Å². The smallest absolute Gasteiger partial charge is 0.297 e. The Morgan fingerprint density at radius 2 is 1.55 bits per heavy atom. The summed E-state index contributed by atoms with van der Waals surface area (Å²) in [5, 5.41) is 4.34. The molecule has 1 aromatic carbocycles. The lowest BCUT2D eigenvalue weighted by atomic mass is 10.1. The molecule has 0 bridgehead atoms. The average molecular weight is 416 g/mol. The van der Waals surface area contributed by atoms with Crippen LogP contribution in [0.15, 0.2) is 76.7 Å². The van der Waals surface area contributed by atoms with Gasteiger partial charge in [0.15, 0.2) is 0 Å². The normalized spacial score (nSPS) is 15.5. The summed E-state index contributed by atoms with van der Waals surface area (Å²) in [5.74, 6) is 0. The van der Waals surface area contributed by atoms with Crippen molar-refractivity contribution >= 4 is 5.52 Å². The Bertz CT molecular complexity index is 1300. The van der Waals surface area contributed by atoms with E-state index in [1.54, 1.807) is 10.7 Å². The van der Waals surface area contributed by atoms with Crippen molar-refractivity contribution in [1.29, 1.82) is 0 Å². The van der Waals surface area contributed by atoms with Gasteiger partial charge in [0.25, 0.3) is 5.56 Å². The molecule has 0 spiro atoms. The second kappa shape index (κ2) is 8.33. The Hall–Kier alpha value is -3.49. The third kappa shape index (κ3) is 4.21. The van der Waals surface area contributed by atoms with Crippen LogP contribution in [0.5, 0.6) is 0 Å². The third-order valence-electron chi connectivity index (χ3n) is 5.77. The van der Waals surface area contributed by atoms with Gasteiger partial charge in [0, 0.05) is 57.7 Å². The Morgan fingerprint density at radius 3 is 2.26 bits per heavy atom. The van der Waals surface area contributed by atoms with Crippen molar-refractivity contribution in [2.75, 3.05) is 26.2 Å². The molecule has 1 fully saturated rings. The minimum atomic E-state index is -0.470. The standard InChI is InChI=1S/C23H24N6O2/c30-22-7-8-28(23(31)25-22)21-15-24-29-9-6-19(14-20(21)29)17-27-12-10-26(11-13-27)16-18-4-2-1-3-5-18/h1-9,14-15H,10-13,16-17H2,(H,25,30,31). The molecule has 8 heteroatoms. The summed E-state index contributed by atoms with van der Waals surface area (Å²) in [6.07, 6.45) is 5.04. The Balaban J connectivity index is 1.29. The summed E-state index contributed by atoms with van der Waals surface area (Å²) < 4.78 is 3.16. The fourth-order valence-corrected chi connectivity index (χ4v) is 4.11. The van der Waals surface area contributed by atoms with E-state index >= 15 is 0 Å². The molecule has 5 rings (SSSR count). The zero-order chi connectivity index (χ0) is 21.2. The number of H-pyrrole nitrogens is 1. The van der Waals surface area contributed by atoms with E-state index in [0.717, 1.165) is 44.8 Å². The van der Waals surface area contributed by atoms with Crippen LogP contribution in [0.1, 0.15) is 11.1 Å². The molecule has 3 aromatic heterocycles. The van der Waals surface area contributed by atoms with E-state index in [9.17, 15) is 9.59 Å². The molecule has 1 aliphatic rings. The highest BCUT2D eigenvalue weighted by Crippen LogP contribution is 2.17. The predicted octanol–water partition coefficient (Wildman–Crippen LogP) is 1.49. The quantitative estimate of drug-likeness (QED) is 0.533. The second-order valence-corrected chi connectivity index (χ2v) is 7.91. The van der Waals surface area contributed by atoms with Gasteiger partial charge in [-0.15, -0.1) is 0 Å². The molecule has 0 aliphatic carbocycles. The zero-order valence-corrected chi connectivity index (χ0v) is 17.1. The molecule has 4 heterocycles. The van der Waals surface area contributed by atoms with E-state index < -0.39 is 11.2 Å². The van der Waals surface area contributed by atoms with Crippen LogP contribution >= 0.6 is 0 Å². The molecule has 158 valence electrons. The summed E-state index contributed by atoms with van der Waals surface area (Å²) in [5.41, 5.74) is 3.12. The lowest BCUT2D eigenvalue weighted by molar-refractivity contribution is 0.122. The van der Waals surface area contributed by atoms with Crippen molar-refractivity contribution in [1.82, 2.24) is 29.0 Å². The van der Waals surface area contributed by atoms with Gasteiger partial charge < -0.3 is 0 Å². The number of hydrogen-bond donors (Lipinski definition) is 1. The highest BCUT2D eigenvalue weighted by molar-refractivity contribution is 5.64. The maximum atomic E-state index is 12.2. The van der Waals surface area contributed by atoms with Gasteiger partial charge >= 0.3 is 5.69 Å². The summed E-state index contributed by atoms with van der Waals surface area (Å²) >= 11 is 0. The van der Waals surface area contributed by atoms with E-state index in [4.69, 9.17) is 0 Å². The number of benzene rings is 1. The van der Waals surface area contributed by atoms with Crippen molar-refractivity contribution in [2.24, 2.45) is 0 Å². The third-order valence-corrected chi connectivity index (χ3v) is 5.77. The van der Waals surface area contributed by atoms with Gasteiger partial charge in [-0.3, -0.25) is 24.1 Å². The first-order valence-corrected chi connectivity index (χ1v) is 10.4. The highest BCUT2D eigenvalue weighted by Gasteiger charge is 2.18. The molecule has 0 unspecified atom stereocenters. The molecule has 1 aliphatic heterocycles. The number of hydrogen-bond acceptors (Lipinski definition) is 5. The van der Waals surface area contributed by atoms with Crippen molar-refractivity contribution in [3.63, 3.8) is 0 Å². The number of nitrogens with zero attached hydrogens (tertiary/aromatic N) is 5. The van der Waals surface area contributed by atoms with Crippen LogP contribution in [0.2, 0.25) is 0 Å². The Morgan fingerprint density at radius 1 is 0.839 bits per heavy atom. The lowest BCUT2D eigenvalue weighted by Gasteiger charge is -2.34. The second-order valence-electron chi connectivity index (χ2n) is 7.91. The maximum absolute atomic E-state index is 12.2. The van der Waals surface area contributed by atoms with E-state index in [1.807, 2.05) is 6.20 Å². The Labute approximate surface area is 179 Å².